The molecule has 0 saturated heterocycles. The van der Waals surface area contributed by atoms with E-state index in [1.54, 1.807) is 0 Å². The summed E-state index contributed by atoms with van der Waals surface area (Å²) in [5, 5.41) is 5.79. The van der Waals surface area contributed by atoms with Gasteiger partial charge >= 0.3 is 12.2 Å². The second-order valence-corrected chi connectivity index (χ2v) is 7.40. The first-order valence-electron chi connectivity index (χ1n) is 8.78. The lowest BCUT2D eigenvalue weighted by atomic mass is 9.91. The highest BCUT2D eigenvalue weighted by molar-refractivity contribution is 5.68. The fraction of sp³-hybridized carbons (Fsp3) is 0.579. The SMILES string of the molecule is CC(C)(C)OC(=O)NC1CCC(NC(=O)OCc2ccccc2)CC1. The number of alkyl carbamates (subject to hydrolysis) is 2. The smallest absolute Gasteiger partial charge is 0.407 e. The molecule has 0 unspecified atom stereocenters. The Labute approximate surface area is 149 Å². The molecule has 2 rings (SSSR count). The van der Waals surface area contributed by atoms with E-state index in [9.17, 15) is 9.59 Å². The Morgan fingerprint density at radius 2 is 1.48 bits per heavy atom. The predicted molar refractivity (Wildman–Crippen MR) is 95.2 cm³/mol. The van der Waals surface area contributed by atoms with Gasteiger partial charge in [0.05, 0.1) is 0 Å². The van der Waals surface area contributed by atoms with Gasteiger partial charge in [0.15, 0.2) is 0 Å². The lowest BCUT2D eigenvalue weighted by Crippen LogP contribution is -2.45. The Hall–Kier alpha value is -2.24. The zero-order chi connectivity index (χ0) is 18.3. The van der Waals surface area contributed by atoms with Crippen LogP contribution in [-0.2, 0) is 16.1 Å². The molecule has 0 radical (unpaired) electrons. The van der Waals surface area contributed by atoms with Crippen molar-refractivity contribution >= 4 is 12.2 Å². The van der Waals surface area contributed by atoms with Crippen molar-refractivity contribution in [3.05, 3.63) is 35.9 Å². The fourth-order valence-electron chi connectivity index (χ4n) is 2.79. The van der Waals surface area contributed by atoms with Crippen LogP contribution in [0.15, 0.2) is 30.3 Å². The minimum absolute atomic E-state index is 0.0833. The van der Waals surface area contributed by atoms with Crippen molar-refractivity contribution < 1.29 is 19.1 Å². The van der Waals surface area contributed by atoms with Crippen LogP contribution < -0.4 is 10.6 Å². The summed E-state index contributed by atoms with van der Waals surface area (Å²) in [7, 11) is 0. The summed E-state index contributed by atoms with van der Waals surface area (Å²) in [6.45, 7) is 5.79. The fourth-order valence-corrected chi connectivity index (χ4v) is 2.79. The maximum absolute atomic E-state index is 11.9. The largest absolute Gasteiger partial charge is 0.445 e. The second kappa shape index (κ2) is 8.74. The van der Waals surface area contributed by atoms with Crippen LogP contribution in [0.1, 0.15) is 52.0 Å². The highest BCUT2D eigenvalue weighted by Crippen LogP contribution is 2.19. The summed E-state index contributed by atoms with van der Waals surface area (Å²) < 4.78 is 10.5. The maximum atomic E-state index is 11.9. The third kappa shape index (κ3) is 7.45. The molecule has 1 saturated carbocycles. The molecule has 0 bridgehead atoms. The number of hydrogen-bond donors (Lipinski definition) is 2. The summed E-state index contributed by atoms with van der Waals surface area (Å²) >= 11 is 0. The summed E-state index contributed by atoms with van der Waals surface area (Å²) in [5.41, 5.74) is 0.466. The minimum Gasteiger partial charge on any atom is -0.445 e. The van der Waals surface area contributed by atoms with E-state index in [2.05, 4.69) is 10.6 Å². The van der Waals surface area contributed by atoms with Gasteiger partial charge in [0.2, 0.25) is 0 Å². The van der Waals surface area contributed by atoms with Crippen LogP contribution in [0.4, 0.5) is 9.59 Å². The zero-order valence-corrected chi connectivity index (χ0v) is 15.2. The Morgan fingerprint density at radius 1 is 0.960 bits per heavy atom. The topological polar surface area (TPSA) is 76.7 Å². The van der Waals surface area contributed by atoms with Crippen LogP contribution >= 0.6 is 0 Å². The van der Waals surface area contributed by atoms with Gasteiger partial charge < -0.3 is 20.1 Å². The highest BCUT2D eigenvalue weighted by Gasteiger charge is 2.25. The van der Waals surface area contributed by atoms with E-state index in [0.29, 0.717) is 0 Å². The van der Waals surface area contributed by atoms with Crippen molar-refractivity contribution in [3.8, 4) is 0 Å². The normalized spacial score (nSPS) is 20.4. The van der Waals surface area contributed by atoms with Crippen molar-refractivity contribution in [1.29, 1.82) is 0 Å². The molecular weight excluding hydrogens is 320 g/mol. The van der Waals surface area contributed by atoms with E-state index in [-0.39, 0.29) is 24.8 Å². The molecule has 6 heteroatoms. The number of carbonyl (C=O) groups excluding carboxylic acids is 2. The second-order valence-electron chi connectivity index (χ2n) is 7.40. The van der Waals surface area contributed by atoms with Crippen LogP contribution in [0.5, 0.6) is 0 Å². The monoisotopic (exact) mass is 348 g/mol. The Bertz CT molecular complexity index is 561. The quantitative estimate of drug-likeness (QED) is 0.869. The average molecular weight is 348 g/mol. The summed E-state index contributed by atoms with van der Waals surface area (Å²) in [6, 6.07) is 9.76. The molecule has 1 aliphatic rings. The van der Waals surface area contributed by atoms with E-state index in [1.165, 1.54) is 0 Å². The van der Waals surface area contributed by atoms with Gasteiger partial charge in [0.1, 0.15) is 12.2 Å². The molecular formula is C19H28N2O4. The van der Waals surface area contributed by atoms with Crippen molar-refractivity contribution in [1.82, 2.24) is 10.6 Å². The molecule has 0 atom stereocenters. The molecule has 138 valence electrons. The standard InChI is InChI=1S/C19H28N2O4/c1-19(2,3)25-18(23)21-16-11-9-15(10-12-16)20-17(22)24-13-14-7-5-4-6-8-14/h4-8,15-16H,9-13H2,1-3H3,(H,20,22)(H,21,23). The average Bonchev–Trinajstić information content (AvgIpc) is 2.54. The van der Waals surface area contributed by atoms with Gasteiger partial charge in [-0.1, -0.05) is 30.3 Å². The summed E-state index contributed by atoms with van der Waals surface area (Å²) in [6.07, 6.45) is 2.45. The highest BCUT2D eigenvalue weighted by atomic mass is 16.6. The first-order chi connectivity index (χ1) is 11.8. The van der Waals surface area contributed by atoms with Gasteiger partial charge in [-0.15, -0.1) is 0 Å². The molecule has 0 aliphatic heterocycles. The third-order valence-electron chi connectivity index (χ3n) is 3.98. The first kappa shape index (κ1) is 19.1. The summed E-state index contributed by atoms with van der Waals surface area (Å²) in [4.78, 5) is 23.7. The van der Waals surface area contributed by atoms with Crippen LogP contribution in [0.3, 0.4) is 0 Å². The van der Waals surface area contributed by atoms with Crippen LogP contribution in [-0.4, -0.2) is 29.9 Å². The lowest BCUT2D eigenvalue weighted by Gasteiger charge is -2.30. The van der Waals surface area contributed by atoms with E-state index in [1.807, 2.05) is 51.1 Å². The molecule has 1 fully saturated rings. The van der Waals surface area contributed by atoms with Gasteiger partial charge in [-0.25, -0.2) is 9.59 Å². The number of ether oxygens (including phenoxy) is 2. The van der Waals surface area contributed by atoms with E-state index < -0.39 is 11.7 Å². The van der Waals surface area contributed by atoms with Gasteiger partial charge in [0.25, 0.3) is 0 Å². The Kier molecular flexibility index (Phi) is 6.67. The lowest BCUT2D eigenvalue weighted by molar-refractivity contribution is 0.0488. The van der Waals surface area contributed by atoms with E-state index >= 15 is 0 Å². The van der Waals surface area contributed by atoms with Crippen molar-refractivity contribution in [2.45, 2.75) is 70.7 Å². The number of carbonyl (C=O) groups is 2. The third-order valence-corrected chi connectivity index (χ3v) is 3.98. The maximum Gasteiger partial charge on any atom is 0.407 e. The van der Waals surface area contributed by atoms with Crippen LogP contribution in [0.25, 0.3) is 0 Å². The number of rotatable bonds is 4. The molecule has 0 heterocycles. The minimum atomic E-state index is -0.495. The molecule has 2 N–H and O–H groups in total. The molecule has 0 spiro atoms. The van der Waals surface area contributed by atoms with E-state index in [4.69, 9.17) is 9.47 Å². The van der Waals surface area contributed by atoms with Crippen molar-refractivity contribution in [3.63, 3.8) is 0 Å². The Morgan fingerprint density at radius 3 is 2.00 bits per heavy atom. The predicted octanol–water partition coefficient (Wildman–Crippen LogP) is 3.75. The number of benzene rings is 1. The molecule has 1 aromatic carbocycles. The first-order valence-corrected chi connectivity index (χ1v) is 8.78. The summed E-state index contributed by atoms with van der Waals surface area (Å²) in [5.74, 6) is 0. The molecule has 1 aliphatic carbocycles. The molecule has 0 aromatic heterocycles. The molecule has 25 heavy (non-hydrogen) atoms. The molecule has 2 amide bonds. The van der Waals surface area contributed by atoms with Gasteiger partial charge in [-0.05, 0) is 52.0 Å². The number of hydrogen-bond acceptors (Lipinski definition) is 4. The van der Waals surface area contributed by atoms with Crippen molar-refractivity contribution in [2.75, 3.05) is 0 Å². The van der Waals surface area contributed by atoms with Gasteiger partial charge in [-0.3, -0.25) is 0 Å². The zero-order valence-electron chi connectivity index (χ0n) is 15.2. The van der Waals surface area contributed by atoms with E-state index in [0.717, 1.165) is 31.2 Å². The van der Waals surface area contributed by atoms with Gasteiger partial charge in [0, 0.05) is 12.1 Å². The molecule has 1 aromatic rings. The van der Waals surface area contributed by atoms with Crippen LogP contribution in [0.2, 0.25) is 0 Å². The molecule has 6 nitrogen and oxygen atoms in total. The Balaban J connectivity index is 1.64. The number of amides is 2. The van der Waals surface area contributed by atoms with Crippen LogP contribution in [0, 0.1) is 0 Å². The van der Waals surface area contributed by atoms with Gasteiger partial charge in [-0.2, -0.15) is 0 Å². The number of nitrogens with one attached hydrogen (secondary N) is 2. The van der Waals surface area contributed by atoms with Crippen molar-refractivity contribution in [2.24, 2.45) is 0 Å².